The summed E-state index contributed by atoms with van der Waals surface area (Å²) in [6.45, 7) is 5.80. The predicted molar refractivity (Wildman–Crippen MR) is 79.2 cm³/mol. The average molecular weight is 274 g/mol. The Bertz CT molecular complexity index is 470. The lowest BCUT2D eigenvalue weighted by Gasteiger charge is -2.41. The topological polar surface area (TPSA) is 72.2 Å². The van der Waals surface area contributed by atoms with Gasteiger partial charge in [-0.25, -0.2) is 0 Å². The molecule has 0 amide bonds. The van der Waals surface area contributed by atoms with Gasteiger partial charge < -0.3 is 5.11 Å². The number of rotatable bonds is 4. The van der Waals surface area contributed by atoms with Crippen LogP contribution in [0.2, 0.25) is 0 Å². The number of nitrogens with zero attached hydrogens (tertiary/aromatic N) is 4. The molecule has 3 atom stereocenters. The molecular formula is C15H22N4O. The van der Waals surface area contributed by atoms with Gasteiger partial charge in [-0.2, -0.15) is 0 Å². The predicted octanol–water partition coefficient (Wildman–Crippen LogP) is 3.13. The minimum absolute atomic E-state index is 0.290. The molecule has 0 aliphatic carbocycles. The zero-order valence-corrected chi connectivity index (χ0v) is 12.1. The number of aliphatic hydroxyl groups excluding tert-OH is 1. The highest BCUT2D eigenvalue weighted by Gasteiger charge is 2.32. The molecule has 1 heterocycles. The smallest absolute Gasteiger partial charge is 0.0752 e. The zero-order valence-electron chi connectivity index (χ0n) is 12.1. The van der Waals surface area contributed by atoms with Gasteiger partial charge in [0.2, 0.25) is 0 Å². The Kier molecular flexibility index (Phi) is 5.01. The highest BCUT2D eigenvalue weighted by atomic mass is 16.3. The standard InChI is InChI=1S/C15H22N4O/c1-11(2)15(12-6-4-3-5-7-12)19-9-8-13(17-18-16)14(20)10-19/h3-7,11,13-15,20H,8-10H2,1-2H3. The molecule has 1 aliphatic rings. The number of benzene rings is 1. The van der Waals surface area contributed by atoms with E-state index in [2.05, 4.69) is 40.9 Å². The Morgan fingerprint density at radius 2 is 2.05 bits per heavy atom. The molecule has 2 rings (SSSR count). The summed E-state index contributed by atoms with van der Waals surface area (Å²) >= 11 is 0. The Morgan fingerprint density at radius 3 is 2.60 bits per heavy atom. The normalized spacial score (nSPS) is 25.2. The van der Waals surface area contributed by atoms with Crippen molar-refractivity contribution in [3.05, 3.63) is 46.3 Å². The lowest BCUT2D eigenvalue weighted by molar-refractivity contribution is 0.0200. The maximum Gasteiger partial charge on any atom is 0.0752 e. The zero-order chi connectivity index (χ0) is 14.5. The number of aliphatic hydroxyl groups is 1. The van der Waals surface area contributed by atoms with Crippen molar-refractivity contribution in [3.63, 3.8) is 0 Å². The lowest BCUT2D eigenvalue weighted by Crippen LogP contribution is -2.48. The van der Waals surface area contributed by atoms with Gasteiger partial charge in [-0.1, -0.05) is 49.3 Å². The third kappa shape index (κ3) is 3.31. The molecule has 5 heteroatoms. The van der Waals surface area contributed by atoms with Crippen molar-refractivity contribution >= 4 is 0 Å². The second-order valence-corrected chi connectivity index (χ2v) is 5.72. The van der Waals surface area contributed by atoms with Gasteiger partial charge in [0.05, 0.1) is 12.1 Å². The number of β-amino-alcohol motifs (C(OH)–C–C–N with tert-alkyl or cyclic N) is 1. The molecule has 0 bridgehead atoms. The Hall–Kier alpha value is -1.55. The average Bonchev–Trinajstić information content (AvgIpc) is 2.43. The van der Waals surface area contributed by atoms with Gasteiger partial charge in [-0.3, -0.25) is 4.90 Å². The van der Waals surface area contributed by atoms with Gasteiger partial charge in [0.15, 0.2) is 0 Å². The lowest BCUT2D eigenvalue weighted by atomic mass is 9.91. The molecule has 1 fully saturated rings. The number of hydrogen-bond acceptors (Lipinski definition) is 3. The second kappa shape index (κ2) is 6.75. The van der Waals surface area contributed by atoms with Crippen LogP contribution in [-0.2, 0) is 0 Å². The highest BCUT2D eigenvalue weighted by molar-refractivity contribution is 5.20. The van der Waals surface area contributed by atoms with Crippen LogP contribution < -0.4 is 0 Å². The van der Waals surface area contributed by atoms with E-state index in [-0.39, 0.29) is 12.1 Å². The summed E-state index contributed by atoms with van der Waals surface area (Å²) in [5.41, 5.74) is 9.79. The fraction of sp³-hybridized carbons (Fsp3) is 0.600. The van der Waals surface area contributed by atoms with Crippen LogP contribution in [0.25, 0.3) is 10.4 Å². The molecule has 1 aromatic carbocycles. The van der Waals surface area contributed by atoms with Gasteiger partial charge in [0, 0.05) is 17.5 Å². The Labute approximate surface area is 119 Å². The van der Waals surface area contributed by atoms with E-state index in [4.69, 9.17) is 5.53 Å². The van der Waals surface area contributed by atoms with Crippen molar-refractivity contribution in [2.45, 2.75) is 38.5 Å². The number of likely N-dealkylation sites (tertiary alicyclic amines) is 1. The van der Waals surface area contributed by atoms with E-state index in [1.807, 2.05) is 18.2 Å². The molecule has 5 nitrogen and oxygen atoms in total. The summed E-state index contributed by atoms with van der Waals surface area (Å²) in [4.78, 5) is 5.12. The molecule has 0 spiro atoms. The monoisotopic (exact) mass is 274 g/mol. The Balaban J connectivity index is 2.14. The van der Waals surface area contributed by atoms with Crippen LogP contribution in [0.3, 0.4) is 0 Å². The van der Waals surface area contributed by atoms with Crippen molar-refractivity contribution in [2.75, 3.05) is 13.1 Å². The molecule has 20 heavy (non-hydrogen) atoms. The van der Waals surface area contributed by atoms with E-state index in [0.29, 0.717) is 18.9 Å². The quantitative estimate of drug-likeness (QED) is 0.520. The van der Waals surface area contributed by atoms with Crippen LogP contribution in [0.4, 0.5) is 0 Å². The fourth-order valence-electron chi connectivity index (χ4n) is 3.06. The Morgan fingerprint density at radius 1 is 1.35 bits per heavy atom. The number of azide groups is 1. The SMILES string of the molecule is CC(C)C(c1ccccc1)N1CCC(N=[N+]=[N-])C(O)C1. The van der Waals surface area contributed by atoms with Crippen LogP contribution in [0.15, 0.2) is 35.4 Å². The largest absolute Gasteiger partial charge is 0.391 e. The van der Waals surface area contributed by atoms with Gasteiger partial charge in [0.25, 0.3) is 0 Å². The van der Waals surface area contributed by atoms with Gasteiger partial charge in [-0.15, -0.1) is 0 Å². The maximum atomic E-state index is 10.1. The molecule has 108 valence electrons. The molecule has 1 aromatic rings. The van der Waals surface area contributed by atoms with E-state index in [0.717, 1.165) is 6.54 Å². The first kappa shape index (κ1) is 14.9. The second-order valence-electron chi connectivity index (χ2n) is 5.72. The summed E-state index contributed by atoms with van der Waals surface area (Å²) in [6.07, 6.45) is 0.131. The van der Waals surface area contributed by atoms with Crippen molar-refractivity contribution in [1.29, 1.82) is 0 Å². The molecule has 0 radical (unpaired) electrons. The van der Waals surface area contributed by atoms with E-state index in [9.17, 15) is 5.11 Å². The summed E-state index contributed by atoms with van der Waals surface area (Å²) in [5.74, 6) is 0.459. The van der Waals surface area contributed by atoms with Crippen molar-refractivity contribution in [3.8, 4) is 0 Å². The first-order chi connectivity index (χ1) is 9.63. The van der Waals surface area contributed by atoms with Gasteiger partial charge in [0.1, 0.15) is 0 Å². The van der Waals surface area contributed by atoms with Crippen LogP contribution >= 0.6 is 0 Å². The van der Waals surface area contributed by atoms with Gasteiger partial charge in [-0.05, 0) is 30.0 Å². The number of hydrogen-bond donors (Lipinski definition) is 1. The maximum absolute atomic E-state index is 10.1. The molecule has 0 aromatic heterocycles. The molecule has 0 saturated carbocycles. The van der Waals surface area contributed by atoms with Crippen molar-refractivity contribution in [2.24, 2.45) is 11.0 Å². The van der Waals surface area contributed by atoms with Crippen LogP contribution in [-0.4, -0.2) is 35.2 Å². The summed E-state index contributed by atoms with van der Waals surface area (Å²) in [5, 5.41) is 13.8. The van der Waals surface area contributed by atoms with E-state index in [1.54, 1.807) is 0 Å². The van der Waals surface area contributed by atoms with E-state index < -0.39 is 6.10 Å². The summed E-state index contributed by atoms with van der Waals surface area (Å²) in [7, 11) is 0. The minimum atomic E-state index is -0.579. The minimum Gasteiger partial charge on any atom is -0.391 e. The van der Waals surface area contributed by atoms with Crippen LogP contribution in [0.5, 0.6) is 0 Å². The third-order valence-corrected chi connectivity index (χ3v) is 3.94. The van der Waals surface area contributed by atoms with E-state index >= 15 is 0 Å². The summed E-state index contributed by atoms with van der Waals surface area (Å²) < 4.78 is 0. The summed E-state index contributed by atoms with van der Waals surface area (Å²) in [6, 6.07) is 10.4. The molecule has 1 aliphatic heterocycles. The number of piperidine rings is 1. The first-order valence-electron chi connectivity index (χ1n) is 7.14. The van der Waals surface area contributed by atoms with E-state index in [1.165, 1.54) is 5.56 Å². The molecule has 1 N–H and O–H groups in total. The van der Waals surface area contributed by atoms with Crippen molar-refractivity contribution in [1.82, 2.24) is 4.90 Å². The fourth-order valence-corrected chi connectivity index (χ4v) is 3.06. The highest BCUT2D eigenvalue weighted by Crippen LogP contribution is 2.31. The van der Waals surface area contributed by atoms with Gasteiger partial charge >= 0.3 is 0 Å². The third-order valence-electron chi connectivity index (χ3n) is 3.94. The molecular weight excluding hydrogens is 252 g/mol. The van der Waals surface area contributed by atoms with Crippen molar-refractivity contribution < 1.29 is 5.11 Å². The molecule has 3 unspecified atom stereocenters. The molecule has 1 saturated heterocycles. The van der Waals surface area contributed by atoms with Crippen LogP contribution in [0.1, 0.15) is 31.9 Å². The van der Waals surface area contributed by atoms with Crippen LogP contribution in [0, 0.1) is 5.92 Å². The first-order valence-corrected chi connectivity index (χ1v) is 7.14.